The zero-order chi connectivity index (χ0) is 15.8. The lowest BCUT2D eigenvalue weighted by Gasteiger charge is -2.24. The fraction of sp³-hybridized carbons (Fsp3) is 0.533. The summed E-state index contributed by atoms with van der Waals surface area (Å²) in [5.41, 5.74) is 8.77. The summed E-state index contributed by atoms with van der Waals surface area (Å²) < 4.78 is 0. The van der Waals surface area contributed by atoms with Crippen molar-refractivity contribution in [3.8, 4) is 0 Å². The normalized spacial score (nSPS) is 12.2. The number of nitrogens with zero attached hydrogens (tertiary/aromatic N) is 1. The van der Waals surface area contributed by atoms with Gasteiger partial charge in [-0.15, -0.1) is 0 Å². The number of carbonyl (C=O) groups is 1. The summed E-state index contributed by atoms with van der Waals surface area (Å²) in [6.45, 7) is 2.83. The van der Waals surface area contributed by atoms with Gasteiger partial charge in [0.1, 0.15) is 0 Å². The minimum absolute atomic E-state index is 0.00172. The lowest BCUT2D eigenvalue weighted by Crippen LogP contribution is -2.30. The maximum absolute atomic E-state index is 10.7. The van der Waals surface area contributed by atoms with E-state index in [1.165, 1.54) is 0 Å². The SMILES string of the molecule is Cc1ccc(N(CCO)CCO)cc1C[C@H](N)CC(=O)O. The second-order valence-corrected chi connectivity index (χ2v) is 5.11. The van der Waals surface area contributed by atoms with E-state index >= 15 is 0 Å². The molecule has 0 fully saturated rings. The van der Waals surface area contributed by atoms with Crippen molar-refractivity contribution in [1.29, 1.82) is 0 Å². The highest BCUT2D eigenvalue weighted by Crippen LogP contribution is 2.20. The molecule has 1 aromatic carbocycles. The summed E-state index contributed by atoms with van der Waals surface area (Å²) in [6.07, 6.45) is 0.415. The molecule has 6 heteroatoms. The molecule has 1 aromatic rings. The number of hydrogen-bond donors (Lipinski definition) is 4. The number of aryl methyl sites for hydroxylation is 1. The Morgan fingerprint density at radius 3 is 2.43 bits per heavy atom. The molecule has 0 unspecified atom stereocenters. The quantitative estimate of drug-likeness (QED) is 0.516. The number of carboxylic acids is 1. The Balaban J connectivity index is 2.89. The Morgan fingerprint density at radius 2 is 1.90 bits per heavy atom. The van der Waals surface area contributed by atoms with E-state index in [1.807, 2.05) is 30.0 Å². The zero-order valence-electron chi connectivity index (χ0n) is 12.3. The Hall–Kier alpha value is -1.63. The van der Waals surface area contributed by atoms with Crippen LogP contribution in [0.4, 0.5) is 5.69 Å². The van der Waals surface area contributed by atoms with Gasteiger partial charge in [-0.05, 0) is 36.6 Å². The van der Waals surface area contributed by atoms with Gasteiger partial charge < -0.3 is 26.0 Å². The van der Waals surface area contributed by atoms with E-state index in [2.05, 4.69) is 0 Å². The van der Waals surface area contributed by atoms with Crippen LogP contribution in [0, 0.1) is 6.92 Å². The molecular weight excluding hydrogens is 272 g/mol. The molecular formula is C15H24N2O4. The summed E-state index contributed by atoms with van der Waals surface area (Å²) in [7, 11) is 0. The average molecular weight is 296 g/mol. The molecule has 0 aliphatic rings. The van der Waals surface area contributed by atoms with Crippen molar-refractivity contribution in [2.75, 3.05) is 31.2 Å². The van der Waals surface area contributed by atoms with Gasteiger partial charge in [0.15, 0.2) is 0 Å². The Kier molecular flexibility index (Phi) is 7.14. The van der Waals surface area contributed by atoms with Gasteiger partial charge in [-0.1, -0.05) is 6.07 Å². The van der Waals surface area contributed by atoms with Crippen LogP contribution in [0.5, 0.6) is 0 Å². The van der Waals surface area contributed by atoms with E-state index < -0.39 is 12.0 Å². The zero-order valence-corrected chi connectivity index (χ0v) is 12.3. The second kappa shape index (κ2) is 8.61. The van der Waals surface area contributed by atoms with Crippen LogP contribution in [-0.4, -0.2) is 53.6 Å². The fourth-order valence-electron chi connectivity index (χ4n) is 2.26. The van der Waals surface area contributed by atoms with Crippen molar-refractivity contribution >= 4 is 11.7 Å². The van der Waals surface area contributed by atoms with Gasteiger partial charge in [-0.2, -0.15) is 0 Å². The standard InChI is InChI=1S/C15H24N2O4/c1-11-2-3-14(17(4-6-18)5-7-19)9-12(11)8-13(16)10-15(20)21/h2-3,9,13,18-19H,4-8,10,16H2,1H3,(H,20,21)/t13-/m0/s1. The molecule has 0 aromatic heterocycles. The van der Waals surface area contributed by atoms with E-state index in [0.717, 1.165) is 16.8 Å². The lowest BCUT2D eigenvalue weighted by atomic mass is 9.99. The Morgan fingerprint density at radius 1 is 1.29 bits per heavy atom. The average Bonchev–Trinajstić information content (AvgIpc) is 2.40. The minimum atomic E-state index is -0.904. The summed E-state index contributed by atoms with van der Waals surface area (Å²) in [4.78, 5) is 12.6. The summed E-state index contributed by atoms with van der Waals surface area (Å²) >= 11 is 0. The van der Waals surface area contributed by atoms with Crippen LogP contribution in [0.2, 0.25) is 0 Å². The molecule has 0 spiro atoms. The summed E-state index contributed by atoms with van der Waals surface area (Å²) in [6, 6.07) is 5.38. The first kappa shape index (κ1) is 17.4. The van der Waals surface area contributed by atoms with E-state index in [4.69, 9.17) is 21.1 Å². The molecule has 0 aliphatic heterocycles. The van der Waals surface area contributed by atoms with Crippen molar-refractivity contribution in [3.63, 3.8) is 0 Å². The van der Waals surface area contributed by atoms with Crippen molar-refractivity contribution in [1.82, 2.24) is 0 Å². The van der Waals surface area contributed by atoms with Gasteiger partial charge in [0.2, 0.25) is 0 Å². The maximum atomic E-state index is 10.7. The number of nitrogens with two attached hydrogens (primary N) is 1. The highest BCUT2D eigenvalue weighted by molar-refractivity contribution is 5.67. The topological polar surface area (TPSA) is 107 Å². The number of hydrogen-bond acceptors (Lipinski definition) is 5. The Labute approximate surface area is 124 Å². The van der Waals surface area contributed by atoms with E-state index in [9.17, 15) is 4.79 Å². The largest absolute Gasteiger partial charge is 0.481 e. The fourth-order valence-corrected chi connectivity index (χ4v) is 2.26. The maximum Gasteiger partial charge on any atom is 0.304 e. The molecule has 0 aliphatic carbocycles. The van der Waals surface area contributed by atoms with Crippen LogP contribution in [-0.2, 0) is 11.2 Å². The van der Waals surface area contributed by atoms with Crippen molar-refractivity contribution in [2.45, 2.75) is 25.8 Å². The lowest BCUT2D eigenvalue weighted by molar-refractivity contribution is -0.137. The van der Waals surface area contributed by atoms with Gasteiger partial charge >= 0.3 is 5.97 Å². The molecule has 0 saturated heterocycles. The summed E-state index contributed by atoms with van der Waals surface area (Å²) in [5.74, 6) is -0.904. The number of aliphatic carboxylic acids is 1. The number of aliphatic hydroxyl groups excluding tert-OH is 2. The van der Waals surface area contributed by atoms with Crippen LogP contribution in [0.25, 0.3) is 0 Å². The molecule has 0 radical (unpaired) electrons. The van der Waals surface area contributed by atoms with Crippen LogP contribution >= 0.6 is 0 Å². The van der Waals surface area contributed by atoms with E-state index in [1.54, 1.807) is 0 Å². The van der Waals surface area contributed by atoms with Crippen LogP contribution in [0.1, 0.15) is 17.5 Å². The van der Waals surface area contributed by atoms with Gasteiger partial charge in [-0.25, -0.2) is 0 Å². The molecule has 6 nitrogen and oxygen atoms in total. The molecule has 0 bridgehead atoms. The molecule has 5 N–H and O–H groups in total. The highest BCUT2D eigenvalue weighted by Gasteiger charge is 2.13. The first-order valence-corrected chi connectivity index (χ1v) is 7.01. The van der Waals surface area contributed by atoms with Gasteiger partial charge in [-0.3, -0.25) is 4.79 Å². The third-order valence-electron chi connectivity index (χ3n) is 3.36. The smallest absolute Gasteiger partial charge is 0.304 e. The van der Waals surface area contributed by atoms with E-state index in [0.29, 0.717) is 19.5 Å². The van der Waals surface area contributed by atoms with Gasteiger partial charge in [0.25, 0.3) is 0 Å². The first-order valence-electron chi connectivity index (χ1n) is 7.01. The van der Waals surface area contributed by atoms with Crippen molar-refractivity contribution in [3.05, 3.63) is 29.3 Å². The number of anilines is 1. The Bertz CT molecular complexity index is 459. The second-order valence-electron chi connectivity index (χ2n) is 5.11. The van der Waals surface area contributed by atoms with Crippen LogP contribution in [0.15, 0.2) is 18.2 Å². The minimum Gasteiger partial charge on any atom is -0.481 e. The molecule has 0 amide bonds. The molecule has 1 rings (SSSR count). The number of aliphatic hydroxyl groups is 2. The first-order chi connectivity index (χ1) is 9.97. The third-order valence-corrected chi connectivity index (χ3v) is 3.36. The molecule has 21 heavy (non-hydrogen) atoms. The molecule has 1 atom stereocenters. The predicted octanol–water partition coefficient (Wildman–Crippen LogP) is 0.131. The van der Waals surface area contributed by atoms with E-state index in [-0.39, 0.29) is 19.6 Å². The van der Waals surface area contributed by atoms with Crippen LogP contribution in [0.3, 0.4) is 0 Å². The van der Waals surface area contributed by atoms with Gasteiger partial charge in [0, 0.05) is 24.8 Å². The van der Waals surface area contributed by atoms with Crippen molar-refractivity contribution in [2.24, 2.45) is 5.73 Å². The number of carboxylic acid groups (broad SMARTS) is 1. The van der Waals surface area contributed by atoms with Crippen molar-refractivity contribution < 1.29 is 20.1 Å². The van der Waals surface area contributed by atoms with Crippen LogP contribution < -0.4 is 10.6 Å². The number of rotatable bonds is 9. The summed E-state index contributed by atoms with van der Waals surface area (Å²) in [5, 5.41) is 26.9. The highest BCUT2D eigenvalue weighted by atomic mass is 16.4. The molecule has 118 valence electrons. The molecule has 0 saturated carbocycles. The predicted molar refractivity (Wildman–Crippen MR) is 81.5 cm³/mol. The van der Waals surface area contributed by atoms with Gasteiger partial charge in [0.05, 0.1) is 19.6 Å². The molecule has 0 heterocycles. The third kappa shape index (κ3) is 5.71. The monoisotopic (exact) mass is 296 g/mol. The number of benzene rings is 1.